The molecule has 0 saturated carbocycles. The van der Waals surface area contributed by atoms with E-state index in [1.807, 2.05) is 22.6 Å². The van der Waals surface area contributed by atoms with Crippen LogP contribution < -0.4 is 0 Å². The molecule has 0 saturated heterocycles. The van der Waals surface area contributed by atoms with Gasteiger partial charge in [0.05, 0.1) is 17.7 Å². The van der Waals surface area contributed by atoms with Crippen LogP contribution in [-0.4, -0.2) is 25.1 Å². The number of nitrogens with zero attached hydrogens (tertiary/aromatic N) is 1. The molecule has 0 aliphatic carbocycles. The third-order valence-corrected chi connectivity index (χ3v) is 3.01. The first-order chi connectivity index (χ1) is 6.99. The second-order valence-corrected chi connectivity index (χ2v) is 4.27. The Bertz CT molecular complexity index is 400. The van der Waals surface area contributed by atoms with E-state index in [0.717, 1.165) is 5.06 Å². The quantitative estimate of drug-likeness (QED) is 0.469. The van der Waals surface area contributed by atoms with Crippen LogP contribution in [0.5, 0.6) is 0 Å². The number of hydroxylamine groups is 2. The van der Waals surface area contributed by atoms with Gasteiger partial charge in [-0.25, -0.2) is 9.45 Å². The maximum atomic E-state index is 13.6. The zero-order valence-electron chi connectivity index (χ0n) is 8.05. The Kier molecular flexibility index (Phi) is 4.30. The molecule has 1 rings (SSSR count). The molecule has 0 bridgehead atoms. The summed E-state index contributed by atoms with van der Waals surface area (Å²) in [6.07, 6.45) is 0. The molecule has 0 atom stereocenters. The smallest absolute Gasteiger partial charge is 0.274 e. The average molecular weight is 344 g/mol. The summed E-state index contributed by atoms with van der Waals surface area (Å²) in [5.74, 6) is -1.29. The molecule has 15 heavy (non-hydrogen) atoms. The van der Waals surface area contributed by atoms with Crippen molar-refractivity contribution in [3.63, 3.8) is 0 Å². The molecule has 0 aliphatic heterocycles. The summed E-state index contributed by atoms with van der Waals surface area (Å²) in [4.78, 5) is 16.4. The monoisotopic (exact) mass is 343 g/mol. The maximum absolute atomic E-state index is 13.6. The molecule has 0 fully saturated rings. The number of halogens is 3. The van der Waals surface area contributed by atoms with Gasteiger partial charge in [0.2, 0.25) is 0 Å². The van der Waals surface area contributed by atoms with Crippen molar-refractivity contribution in [3.05, 3.63) is 32.1 Å². The Hall–Kier alpha value is -0.400. The molecule has 0 heterocycles. The lowest BCUT2D eigenvalue weighted by Gasteiger charge is -2.15. The highest BCUT2D eigenvalue weighted by molar-refractivity contribution is 14.1. The Morgan fingerprint density at radius 3 is 2.73 bits per heavy atom. The van der Waals surface area contributed by atoms with Gasteiger partial charge in [-0.2, -0.15) is 0 Å². The van der Waals surface area contributed by atoms with Crippen LogP contribution in [-0.2, 0) is 4.84 Å². The van der Waals surface area contributed by atoms with E-state index in [2.05, 4.69) is 4.84 Å². The number of carbonyl (C=O) groups is 1. The molecule has 0 unspecified atom stereocenters. The minimum absolute atomic E-state index is 0.0764. The van der Waals surface area contributed by atoms with Gasteiger partial charge in [0.15, 0.2) is 5.82 Å². The molecule has 1 aromatic rings. The van der Waals surface area contributed by atoms with Crippen molar-refractivity contribution in [2.45, 2.75) is 0 Å². The standard InChI is InChI=1S/C9H8ClFINO2/c1-13(15-2)9(14)7-6(12)4-3-5(10)8(7)11/h3-4H,1-2H3. The Labute approximate surface area is 105 Å². The van der Waals surface area contributed by atoms with Crippen LogP contribution in [0.3, 0.4) is 0 Å². The summed E-state index contributed by atoms with van der Waals surface area (Å²) in [6.45, 7) is 0. The summed E-state index contributed by atoms with van der Waals surface area (Å²) in [5.41, 5.74) is -0.0764. The molecule has 3 nitrogen and oxygen atoms in total. The van der Waals surface area contributed by atoms with Crippen molar-refractivity contribution in [3.8, 4) is 0 Å². The Morgan fingerprint density at radius 1 is 1.60 bits per heavy atom. The number of benzene rings is 1. The van der Waals surface area contributed by atoms with Gasteiger partial charge in [-0.3, -0.25) is 9.63 Å². The molecule has 0 aliphatic rings. The topological polar surface area (TPSA) is 29.5 Å². The van der Waals surface area contributed by atoms with Crippen LogP contribution in [0.2, 0.25) is 5.02 Å². The van der Waals surface area contributed by atoms with Gasteiger partial charge in [-0.15, -0.1) is 0 Å². The normalized spacial score (nSPS) is 10.2. The van der Waals surface area contributed by atoms with Crippen LogP contribution >= 0.6 is 34.2 Å². The third-order valence-electron chi connectivity index (χ3n) is 1.82. The second kappa shape index (κ2) is 5.09. The SMILES string of the molecule is CON(C)C(=O)c1c(I)ccc(Cl)c1F. The van der Waals surface area contributed by atoms with Gasteiger partial charge >= 0.3 is 0 Å². The fourth-order valence-electron chi connectivity index (χ4n) is 0.963. The van der Waals surface area contributed by atoms with E-state index >= 15 is 0 Å². The second-order valence-electron chi connectivity index (χ2n) is 2.70. The van der Waals surface area contributed by atoms with Crippen molar-refractivity contribution in [1.82, 2.24) is 5.06 Å². The summed E-state index contributed by atoms with van der Waals surface area (Å²) in [6, 6.07) is 2.98. The summed E-state index contributed by atoms with van der Waals surface area (Å²) in [7, 11) is 2.73. The van der Waals surface area contributed by atoms with Gasteiger partial charge in [-0.05, 0) is 34.7 Å². The van der Waals surface area contributed by atoms with Crippen LogP contribution in [0.4, 0.5) is 4.39 Å². The zero-order chi connectivity index (χ0) is 11.6. The van der Waals surface area contributed by atoms with Gasteiger partial charge in [-0.1, -0.05) is 11.6 Å². The van der Waals surface area contributed by atoms with E-state index in [1.165, 1.54) is 20.2 Å². The van der Waals surface area contributed by atoms with Gasteiger partial charge in [0.1, 0.15) is 0 Å². The number of amides is 1. The molecule has 0 radical (unpaired) electrons. The van der Waals surface area contributed by atoms with Gasteiger partial charge < -0.3 is 0 Å². The van der Waals surface area contributed by atoms with Crippen molar-refractivity contribution in [2.24, 2.45) is 0 Å². The molecular formula is C9H8ClFINO2. The highest BCUT2D eigenvalue weighted by Crippen LogP contribution is 2.24. The summed E-state index contributed by atoms with van der Waals surface area (Å²) >= 11 is 7.45. The maximum Gasteiger partial charge on any atom is 0.281 e. The summed E-state index contributed by atoms with van der Waals surface area (Å²) in [5, 5.41) is 0.861. The first kappa shape index (κ1) is 12.7. The molecule has 82 valence electrons. The van der Waals surface area contributed by atoms with Crippen molar-refractivity contribution < 1.29 is 14.0 Å². The molecule has 0 N–H and O–H groups in total. The predicted molar refractivity (Wildman–Crippen MR) is 63.2 cm³/mol. The van der Waals surface area contributed by atoms with Crippen molar-refractivity contribution >= 4 is 40.1 Å². The molecule has 6 heteroatoms. The van der Waals surface area contributed by atoms with E-state index in [-0.39, 0.29) is 10.6 Å². The molecule has 0 aromatic heterocycles. The lowest BCUT2D eigenvalue weighted by Crippen LogP contribution is -2.27. The zero-order valence-corrected chi connectivity index (χ0v) is 11.0. The first-order valence-corrected chi connectivity index (χ1v) is 5.40. The van der Waals surface area contributed by atoms with Crippen molar-refractivity contribution in [1.29, 1.82) is 0 Å². The predicted octanol–water partition coefficient (Wildman–Crippen LogP) is 2.72. The minimum atomic E-state index is -0.725. The van der Waals surface area contributed by atoms with E-state index in [9.17, 15) is 9.18 Å². The lowest BCUT2D eigenvalue weighted by atomic mass is 10.2. The van der Waals surface area contributed by atoms with Gasteiger partial charge in [0, 0.05) is 10.6 Å². The number of carbonyl (C=O) groups excluding carboxylic acids is 1. The van der Waals surface area contributed by atoms with Gasteiger partial charge in [0.25, 0.3) is 5.91 Å². The van der Waals surface area contributed by atoms with E-state index in [0.29, 0.717) is 3.57 Å². The average Bonchev–Trinajstić information content (AvgIpc) is 2.22. The fraction of sp³-hybridized carbons (Fsp3) is 0.222. The van der Waals surface area contributed by atoms with Crippen LogP contribution in [0, 0.1) is 9.39 Å². The molecular weight excluding hydrogens is 335 g/mol. The van der Waals surface area contributed by atoms with E-state index in [4.69, 9.17) is 11.6 Å². The Morgan fingerprint density at radius 2 is 2.20 bits per heavy atom. The molecule has 0 spiro atoms. The van der Waals surface area contributed by atoms with Crippen LogP contribution in [0.25, 0.3) is 0 Å². The van der Waals surface area contributed by atoms with E-state index in [1.54, 1.807) is 6.07 Å². The highest BCUT2D eigenvalue weighted by Gasteiger charge is 2.21. The number of hydrogen-bond acceptors (Lipinski definition) is 2. The minimum Gasteiger partial charge on any atom is -0.274 e. The largest absolute Gasteiger partial charge is 0.281 e. The third kappa shape index (κ3) is 2.59. The fourth-order valence-corrected chi connectivity index (χ4v) is 1.77. The number of hydrogen-bond donors (Lipinski definition) is 0. The van der Waals surface area contributed by atoms with E-state index < -0.39 is 11.7 Å². The highest BCUT2D eigenvalue weighted by atomic mass is 127. The lowest BCUT2D eigenvalue weighted by molar-refractivity contribution is -0.0760. The van der Waals surface area contributed by atoms with Crippen molar-refractivity contribution in [2.75, 3.05) is 14.2 Å². The van der Waals surface area contributed by atoms with Crippen LogP contribution in [0.1, 0.15) is 10.4 Å². The first-order valence-electron chi connectivity index (χ1n) is 3.94. The summed E-state index contributed by atoms with van der Waals surface area (Å²) < 4.78 is 14.1. The molecule has 1 aromatic carbocycles. The molecule has 1 amide bonds. The Balaban J connectivity index is 3.24. The number of rotatable bonds is 2. The van der Waals surface area contributed by atoms with Crippen LogP contribution in [0.15, 0.2) is 12.1 Å².